The van der Waals surface area contributed by atoms with Crippen molar-refractivity contribution < 1.29 is 4.79 Å². The van der Waals surface area contributed by atoms with Crippen molar-refractivity contribution in [3.63, 3.8) is 0 Å². The Hall–Kier alpha value is -2.94. The first-order valence-electron chi connectivity index (χ1n) is 9.15. The molecule has 0 aliphatic carbocycles. The lowest BCUT2D eigenvalue weighted by atomic mass is 10.1. The summed E-state index contributed by atoms with van der Waals surface area (Å²) in [7, 11) is 3.72. The van der Waals surface area contributed by atoms with E-state index >= 15 is 0 Å². The van der Waals surface area contributed by atoms with Crippen molar-refractivity contribution in [2.75, 3.05) is 13.1 Å². The highest BCUT2D eigenvalue weighted by molar-refractivity contribution is 5.94. The third-order valence-electron chi connectivity index (χ3n) is 5.09. The van der Waals surface area contributed by atoms with E-state index in [1.54, 1.807) is 28.0 Å². The number of aromatic nitrogens is 6. The Morgan fingerprint density at radius 2 is 1.89 bits per heavy atom. The second-order valence-corrected chi connectivity index (χ2v) is 6.88. The first-order chi connectivity index (χ1) is 13.1. The van der Waals surface area contributed by atoms with Gasteiger partial charge in [-0.05, 0) is 31.5 Å². The van der Waals surface area contributed by atoms with Crippen LogP contribution in [0.25, 0.3) is 0 Å². The zero-order valence-corrected chi connectivity index (χ0v) is 15.5. The van der Waals surface area contributed by atoms with E-state index in [9.17, 15) is 4.79 Å². The quantitative estimate of drug-likeness (QED) is 0.694. The number of carbonyl (C=O) groups is 1. The lowest BCUT2D eigenvalue weighted by Gasteiger charge is -2.23. The van der Waals surface area contributed by atoms with Gasteiger partial charge < -0.3 is 10.6 Å². The van der Waals surface area contributed by atoms with Crippen LogP contribution >= 0.6 is 0 Å². The van der Waals surface area contributed by atoms with Gasteiger partial charge in [-0.15, -0.1) is 0 Å². The van der Waals surface area contributed by atoms with Crippen LogP contribution in [0.1, 0.15) is 46.7 Å². The van der Waals surface area contributed by atoms with Crippen molar-refractivity contribution in [1.82, 2.24) is 40.0 Å². The van der Waals surface area contributed by atoms with E-state index in [4.69, 9.17) is 0 Å². The summed E-state index contributed by atoms with van der Waals surface area (Å²) in [5, 5.41) is 19.4. The molecular weight excluding hydrogens is 344 g/mol. The van der Waals surface area contributed by atoms with E-state index in [-0.39, 0.29) is 11.9 Å². The van der Waals surface area contributed by atoms with Crippen molar-refractivity contribution >= 4 is 5.91 Å². The first kappa shape index (κ1) is 17.5. The van der Waals surface area contributed by atoms with Crippen molar-refractivity contribution in [1.29, 1.82) is 0 Å². The second-order valence-electron chi connectivity index (χ2n) is 6.88. The lowest BCUT2D eigenvalue weighted by molar-refractivity contribution is 0.0940. The number of rotatable bonds is 5. The Bertz CT molecular complexity index is 877. The smallest absolute Gasteiger partial charge is 0.255 e. The number of amides is 1. The Kier molecular flexibility index (Phi) is 4.76. The molecule has 0 aromatic carbocycles. The van der Waals surface area contributed by atoms with Gasteiger partial charge in [0.05, 0.1) is 29.2 Å². The average Bonchev–Trinajstić information content (AvgIpc) is 3.42. The summed E-state index contributed by atoms with van der Waals surface area (Å²) in [5.74, 6) is -0.169. The highest BCUT2D eigenvalue weighted by Crippen LogP contribution is 2.22. The van der Waals surface area contributed by atoms with Crippen LogP contribution in [0, 0.1) is 0 Å². The topological polar surface area (TPSA) is 94.6 Å². The minimum absolute atomic E-state index is 0.169. The fraction of sp³-hybridized carbons (Fsp3) is 0.444. The van der Waals surface area contributed by atoms with E-state index < -0.39 is 0 Å². The Morgan fingerprint density at radius 3 is 2.44 bits per heavy atom. The summed E-state index contributed by atoms with van der Waals surface area (Å²) < 4.78 is 5.41. The normalized spacial score (nSPS) is 17.4. The van der Waals surface area contributed by atoms with Crippen LogP contribution in [0.3, 0.4) is 0 Å². The maximum Gasteiger partial charge on any atom is 0.255 e. The van der Waals surface area contributed by atoms with E-state index in [1.165, 1.54) is 0 Å². The molecule has 3 aromatic heterocycles. The van der Waals surface area contributed by atoms with Gasteiger partial charge in [-0.1, -0.05) is 0 Å². The minimum Gasteiger partial charge on any atom is -0.338 e. The van der Waals surface area contributed by atoms with Crippen molar-refractivity contribution in [3.8, 4) is 0 Å². The molecule has 1 aliphatic rings. The number of hydrogen-bond acceptors (Lipinski definition) is 5. The van der Waals surface area contributed by atoms with E-state index in [1.807, 2.05) is 37.1 Å². The zero-order valence-electron chi connectivity index (χ0n) is 15.5. The van der Waals surface area contributed by atoms with Crippen molar-refractivity contribution in [2.45, 2.75) is 24.9 Å². The van der Waals surface area contributed by atoms with Crippen LogP contribution in [0.15, 0.2) is 36.9 Å². The van der Waals surface area contributed by atoms with Gasteiger partial charge in [0.2, 0.25) is 0 Å². The molecule has 1 unspecified atom stereocenters. The van der Waals surface area contributed by atoms with Crippen LogP contribution in [0.2, 0.25) is 0 Å². The molecule has 0 spiro atoms. The molecule has 4 heterocycles. The molecule has 27 heavy (non-hydrogen) atoms. The maximum absolute atomic E-state index is 12.9. The molecule has 1 saturated heterocycles. The van der Waals surface area contributed by atoms with E-state index in [0.29, 0.717) is 11.6 Å². The molecule has 1 fully saturated rings. The maximum atomic E-state index is 12.9. The molecule has 1 atom stereocenters. The van der Waals surface area contributed by atoms with Gasteiger partial charge in [-0.2, -0.15) is 15.3 Å². The standard InChI is InChI=1S/C18H24N8O/c1-24-15(5-8-20-24)17(16-6-9-21-25(16)2)23-18(27)13-10-22-26(12-13)14-4-3-7-19-11-14/h5-6,8-10,12,14,17,19H,3-4,7,11H2,1-2H3,(H,23,27). The van der Waals surface area contributed by atoms with E-state index in [2.05, 4.69) is 25.9 Å². The molecule has 1 amide bonds. The molecule has 1 aliphatic heterocycles. The molecule has 9 heteroatoms. The Labute approximate surface area is 157 Å². The van der Waals surface area contributed by atoms with Gasteiger partial charge in [0.1, 0.15) is 6.04 Å². The Morgan fingerprint density at radius 1 is 1.19 bits per heavy atom. The van der Waals surface area contributed by atoms with Crippen LogP contribution < -0.4 is 10.6 Å². The van der Waals surface area contributed by atoms with Gasteiger partial charge in [0.15, 0.2) is 0 Å². The fourth-order valence-electron chi connectivity index (χ4n) is 3.56. The van der Waals surface area contributed by atoms with E-state index in [0.717, 1.165) is 37.3 Å². The molecule has 9 nitrogen and oxygen atoms in total. The predicted octanol–water partition coefficient (Wildman–Crippen LogP) is 0.794. The van der Waals surface area contributed by atoms with Crippen LogP contribution in [0.5, 0.6) is 0 Å². The second kappa shape index (κ2) is 7.36. The number of hydrogen-bond donors (Lipinski definition) is 2. The number of aryl methyl sites for hydroxylation is 2. The summed E-state index contributed by atoms with van der Waals surface area (Å²) in [6.45, 7) is 1.93. The highest BCUT2D eigenvalue weighted by Gasteiger charge is 2.24. The zero-order chi connectivity index (χ0) is 18.8. The number of piperidine rings is 1. The van der Waals surface area contributed by atoms with Crippen LogP contribution in [-0.4, -0.2) is 48.3 Å². The summed E-state index contributed by atoms with van der Waals surface area (Å²) in [4.78, 5) is 12.9. The third-order valence-corrected chi connectivity index (χ3v) is 5.09. The minimum atomic E-state index is -0.350. The molecule has 142 valence electrons. The third kappa shape index (κ3) is 3.50. The summed E-state index contributed by atoms with van der Waals surface area (Å²) in [5.41, 5.74) is 2.32. The largest absolute Gasteiger partial charge is 0.338 e. The summed E-state index contributed by atoms with van der Waals surface area (Å²) in [6.07, 6.45) is 9.10. The van der Waals surface area contributed by atoms with Gasteiger partial charge >= 0.3 is 0 Å². The van der Waals surface area contributed by atoms with Gasteiger partial charge in [-0.3, -0.25) is 18.8 Å². The lowest BCUT2D eigenvalue weighted by Crippen LogP contribution is -2.32. The molecule has 0 radical (unpaired) electrons. The number of carbonyl (C=O) groups excluding carboxylic acids is 1. The average molecular weight is 368 g/mol. The molecule has 4 rings (SSSR count). The number of nitrogens with zero attached hydrogens (tertiary/aromatic N) is 6. The summed E-state index contributed by atoms with van der Waals surface area (Å²) >= 11 is 0. The van der Waals surface area contributed by atoms with Crippen molar-refractivity contribution in [3.05, 3.63) is 53.9 Å². The van der Waals surface area contributed by atoms with Crippen LogP contribution in [0.4, 0.5) is 0 Å². The Balaban J connectivity index is 1.56. The molecular formula is C18H24N8O. The van der Waals surface area contributed by atoms with Gasteiger partial charge in [-0.25, -0.2) is 0 Å². The monoisotopic (exact) mass is 368 g/mol. The first-order valence-corrected chi connectivity index (χ1v) is 9.15. The highest BCUT2D eigenvalue weighted by atomic mass is 16.1. The van der Waals surface area contributed by atoms with Crippen LogP contribution in [-0.2, 0) is 14.1 Å². The van der Waals surface area contributed by atoms with Gasteiger partial charge in [0, 0.05) is 39.2 Å². The SMILES string of the molecule is Cn1nccc1C(NC(=O)c1cnn(C2CCCNC2)c1)c1ccnn1C. The fourth-order valence-corrected chi connectivity index (χ4v) is 3.56. The number of nitrogens with one attached hydrogen (secondary N) is 2. The van der Waals surface area contributed by atoms with Gasteiger partial charge in [0.25, 0.3) is 5.91 Å². The summed E-state index contributed by atoms with van der Waals surface area (Å²) in [6, 6.07) is 3.74. The molecule has 0 saturated carbocycles. The molecule has 3 aromatic rings. The van der Waals surface area contributed by atoms with Crippen molar-refractivity contribution in [2.24, 2.45) is 14.1 Å². The molecule has 0 bridgehead atoms. The molecule has 2 N–H and O–H groups in total. The predicted molar refractivity (Wildman–Crippen MR) is 99.1 cm³/mol.